The smallest absolute Gasteiger partial charge is 0.139 e. The Kier molecular flexibility index (Phi) is 6.19. The Morgan fingerprint density at radius 1 is 1.05 bits per heavy atom. The van der Waals surface area contributed by atoms with Crippen LogP contribution < -0.4 is 4.74 Å². The van der Waals surface area contributed by atoms with E-state index in [0.29, 0.717) is 17.4 Å². The molecule has 0 aliphatic rings. The zero-order valence-electron chi connectivity index (χ0n) is 12.2. The Morgan fingerprint density at radius 3 is 2.62 bits per heavy atom. The van der Waals surface area contributed by atoms with Crippen molar-refractivity contribution in [1.82, 2.24) is 0 Å². The Morgan fingerprint density at radius 2 is 1.86 bits per heavy atom. The number of hydrogen-bond acceptors (Lipinski definition) is 1. The zero-order chi connectivity index (χ0) is 14.9. The topological polar surface area (TPSA) is 9.23 Å². The van der Waals surface area contributed by atoms with Gasteiger partial charge in [-0.05, 0) is 24.1 Å². The third-order valence-corrected chi connectivity index (χ3v) is 3.47. The lowest BCUT2D eigenvalue weighted by Crippen LogP contribution is -1.96. The minimum atomic E-state index is 0.507. The molecule has 0 aromatic heterocycles. The predicted molar refractivity (Wildman–Crippen MR) is 88.6 cm³/mol. The van der Waals surface area contributed by atoms with E-state index in [2.05, 4.69) is 18.8 Å². The first-order chi connectivity index (χ1) is 10.3. The minimum Gasteiger partial charge on any atom is -0.487 e. The first kappa shape index (κ1) is 15.5. The maximum absolute atomic E-state index is 6.36. The van der Waals surface area contributed by atoms with Crippen LogP contribution in [-0.2, 0) is 6.61 Å². The highest BCUT2D eigenvalue weighted by Crippen LogP contribution is 2.28. The molecule has 0 N–H and O–H groups in total. The van der Waals surface area contributed by atoms with Crippen molar-refractivity contribution < 1.29 is 4.74 Å². The van der Waals surface area contributed by atoms with Crippen LogP contribution in [0.3, 0.4) is 0 Å². The van der Waals surface area contributed by atoms with Crippen LogP contribution in [0.5, 0.6) is 5.75 Å². The molecule has 0 bridgehead atoms. The highest BCUT2D eigenvalue weighted by molar-refractivity contribution is 6.33. The molecule has 2 aromatic rings. The Bertz CT molecular complexity index is 623. The van der Waals surface area contributed by atoms with Gasteiger partial charge >= 0.3 is 0 Å². The van der Waals surface area contributed by atoms with E-state index in [1.165, 1.54) is 0 Å². The molecular formula is C19H19ClO. The van der Waals surface area contributed by atoms with Gasteiger partial charge in [-0.1, -0.05) is 73.2 Å². The molecule has 0 spiro atoms. The summed E-state index contributed by atoms with van der Waals surface area (Å²) >= 11 is 6.36. The van der Waals surface area contributed by atoms with Crippen LogP contribution in [0.1, 0.15) is 37.3 Å². The molecular weight excluding hydrogens is 280 g/mol. The second-order valence-electron chi connectivity index (χ2n) is 4.80. The number of halogens is 1. The first-order valence-corrected chi connectivity index (χ1v) is 7.63. The summed E-state index contributed by atoms with van der Waals surface area (Å²) in [7, 11) is 0. The van der Waals surface area contributed by atoms with Crippen molar-refractivity contribution in [2.75, 3.05) is 0 Å². The molecule has 0 saturated carbocycles. The van der Waals surface area contributed by atoms with E-state index in [-0.39, 0.29) is 0 Å². The molecule has 1 nitrogen and oxygen atoms in total. The van der Waals surface area contributed by atoms with Crippen molar-refractivity contribution in [3.63, 3.8) is 0 Å². The van der Waals surface area contributed by atoms with E-state index in [9.17, 15) is 0 Å². The predicted octanol–water partition coefficient (Wildman–Crippen LogP) is 5.46. The number of hydrogen-bond donors (Lipinski definition) is 0. The fourth-order valence-corrected chi connectivity index (χ4v) is 2.10. The fraction of sp³-hybridized carbons (Fsp3) is 0.263. The number of benzene rings is 2. The molecule has 0 aliphatic carbocycles. The summed E-state index contributed by atoms with van der Waals surface area (Å²) in [6.45, 7) is 2.67. The van der Waals surface area contributed by atoms with Gasteiger partial charge in [0.25, 0.3) is 0 Å². The van der Waals surface area contributed by atoms with Gasteiger partial charge in [-0.25, -0.2) is 0 Å². The van der Waals surface area contributed by atoms with Crippen molar-refractivity contribution in [3.05, 3.63) is 64.7 Å². The molecule has 2 rings (SSSR count). The second kappa shape index (κ2) is 8.39. The summed E-state index contributed by atoms with van der Waals surface area (Å²) in [5.74, 6) is 6.96. The van der Waals surface area contributed by atoms with Gasteiger partial charge in [0.2, 0.25) is 0 Å². The van der Waals surface area contributed by atoms with Gasteiger partial charge in [0, 0.05) is 12.0 Å². The van der Waals surface area contributed by atoms with E-state index < -0.39 is 0 Å². The van der Waals surface area contributed by atoms with Gasteiger partial charge in [-0.2, -0.15) is 0 Å². The minimum absolute atomic E-state index is 0.507. The van der Waals surface area contributed by atoms with E-state index in [0.717, 1.165) is 30.4 Å². The highest BCUT2D eigenvalue weighted by atomic mass is 35.5. The van der Waals surface area contributed by atoms with Crippen molar-refractivity contribution in [2.45, 2.75) is 32.8 Å². The summed E-state index contributed by atoms with van der Waals surface area (Å²) in [5.41, 5.74) is 1.95. The van der Waals surface area contributed by atoms with Gasteiger partial charge in [0.05, 0.1) is 5.02 Å². The summed E-state index contributed by atoms with van der Waals surface area (Å²) in [4.78, 5) is 0. The SMILES string of the molecule is CCCCC#Cc1cccc(OCc2ccccc2)c1Cl. The van der Waals surface area contributed by atoms with Crippen molar-refractivity contribution in [3.8, 4) is 17.6 Å². The second-order valence-corrected chi connectivity index (χ2v) is 5.18. The standard InChI is InChI=1S/C19H19ClO/c1-2-3-4-8-12-17-13-9-14-18(19(17)20)21-15-16-10-6-5-7-11-16/h5-7,9-11,13-14H,2-4,15H2,1H3. The largest absolute Gasteiger partial charge is 0.487 e. The van der Waals surface area contributed by atoms with Gasteiger partial charge in [-0.15, -0.1) is 0 Å². The monoisotopic (exact) mass is 298 g/mol. The summed E-state index contributed by atoms with van der Waals surface area (Å²) in [6, 6.07) is 15.8. The molecule has 2 heteroatoms. The lowest BCUT2D eigenvalue weighted by molar-refractivity contribution is 0.306. The summed E-state index contributed by atoms with van der Waals surface area (Å²) < 4.78 is 5.79. The zero-order valence-corrected chi connectivity index (χ0v) is 13.0. The van der Waals surface area contributed by atoms with Gasteiger partial charge in [0.1, 0.15) is 12.4 Å². The first-order valence-electron chi connectivity index (χ1n) is 7.25. The van der Waals surface area contributed by atoms with Crippen LogP contribution in [0, 0.1) is 11.8 Å². The van der Waals surface area contributed by atoms with Crippen molar-refractivity contribution in [2.24, 2.45) is 0 Å². The van der Waals surface area contributed by atoms with E-state index in [1.807, 2.05) is 48.5 Å². The van der Waals surface area contributed by atoms with Crippen LogP contribution in [0.15, 0.2) is 48.5 Å². The molecule has 0 atom stereocenters. The highest BCUT2D eigenvalue weighted by Gasteiger charge is 2.05. The normalized spacial score (nSPS) is 9.81. The lowest BCUT2D eigenvalue weighted by Gasteiger charge is -2.09. The number of rotatable bonds is 5. The summed E-state index contributed by atoms with van der Waals surface area (Å²) in [5, 5.41) is 0.595. The molecule has 0 fully saturated rings. The average molecular weight is 299 g/mol. The maximum Gasteiger partial charge on any atom is 0.139 e. The van der Waals surface area contributed by atoms with E-state index >= 15 is 0 Å². The number of unbranched alkanes of at least 4 members (excludes halogenated alkanes) is 2. The molecule has 0 unspecified atom stereocenters. The Labute approximate surface area is 131 Å². The fourth-order valence-electron chi connectivity index (χ4n) is 1.88. The van der Waals surface area contributed by atoms with E-state index in [1.54, 1.807) is 0 Å². The molecule has 0 saturated heterocycles. The maximum atomic E-state index is 6.36. The van der Waals surface area contributed by atoms with Crippen LogP contribution in [0.4, 0.5) is 0 Å². The molecule has 0 amide bonds. The van der Waals surface area contributed by atoms with Gasteiger partial charge < -0.3 is 4.74 Å². The summed E-state index contributed by atoms with van der Waals surface area (Å²) in [6.07, 6.45) is 3.18. The van der Waals surface area contributed by atoms with Crippen molar-refractivity contribution >= 4 is 11.6 Å². The number of ether oxygens (including phenoxy) is 1. The molecule has 0 radical (unpaired) electrons. The quantitative estimate of drug-likeness (QED) is 0.526. The third-order valence-electron chi connectivity index (χ3n) is 3.08. The molecule has 108 valence electrons. The Balaban J connectivity index is 2.04. The average Bonchev–Trinajstić information content (AvgIpc) is 2.53. The van der Waals surface area contributed by atoms with E-state index in [4.69, 9.17) is 16.3 Å². The molecule has 0 aliphatic heterocycles. The Hall–Kier alpha value is -1.91. The molecule has 0 heterocycles. The van der Waals surface area contributed by atoms with Crippen LogP contribution in [-0.4, -0.2) is 0 Å². The third kappa shape index (κ3) is 4.85. The van der Waals surface area contributed by atoms with Crippen LogP contribution in [0.25, 0.3) is 0 Å². The van der Waals surface area contributed by atoms with Crippen LogP contribution in [0.2, 0.25) is 5.02 Å². The van der Waals surface area contributed by atoms with Gasteiger partial charge in [-0.3, -0.25) is 0 Å². The molecule has 2 aromatic carbocycles. The van der Waals surface area contributed by atoms with Crippen LogP contribution >= 0.6 is 11.6 Å². The van der Waals surface area contributed by atoms with Gasteiger partial charge in [0.15, 0.2) is 0 Å². The van der Waals surface area contributed by atoms with Crippen molar-refractivity contribution in [1.29, 1.82) is 0 Å². The molecule has 21 heavy (non-hydrogen) atoms. The lowest BCUT2D eigenvalue weighted by atomic mass is 10.2.